The third kappa shape index (κ3) is 6.17. The molecule has 0 bridgehead atoms. The molecule has 13 nitrogen and oxygen atoms in total. The number of aromatic nitrogens is 7. The average Bonchev–Trinajstić information content (AvgIpc) is 3.94. The molecule has 1 saturated heterocycles. The van der Waals surface area contributed by atoms with Gasteiger partial charge in [0.05, 0.1) is 25.4 Å². The molecule has 260 valence electrons. The number of H-pyrrole nitrogens is 1. The third-order valence-electron chi connectivity index (χ3n) is 9.72. The van der Waals surface area contributed by atoms with Gasteiger partial charge in [-0.2, -0.15) is 5.10 Å². The summed E-state index contributed by atoms with van der Waals surface area (Å²) in [5.74, 6) is 0.645. The first-order valence-electron chi connectivity index (χ1n) is 17.0. The highest BCUT2D eigenvalue weighted by molar-refractivity contribution is 6.05. The predicted octanol–water partition coefficient (Wildman–Crippen LogP) is 4.59. The number of methoxy groups -OCH3 is 1. The van der Waals surface area contributed by atoms with E-state index >= 15 is 4.39 Å². The fraction of sp³-hybridized carbons (Fsp3) is 0.297. The van der Waals surface area contributed by atoms with E-state index in [0.29, 0.717) is 79.5 Å². The summed E-state index contributed by atoms with van der Waals surface area (Å²) >= 11 is 0. The Morgan fingerprint density at radius 3 is 2.61 bits per heavy atom. The minimum absolute atomic E-state index is 0.0374. The molecule has 0 radical (unpaired) electrons. The minimum Gasteiger partial charge on any atom is -0.496 e. The number of carbonyl (C=O) groups excluding carboxylic acids is 2. The maximum absolute atomic E-state index is 16.7. The van der Waals surface area contributed by atoms with Crippen LogP contribution in [0.3, 0.4) is 0 Å². The van der Waals surface area contributed by atoms with E-state index in [1.807, 2.05) is 61.7 Å². The van der Waals surface area contributed by atoms with Gasteiger partial charge >= 0.3 is 0 Å². The van der Waals surface area contributed by atoms with Crippen LogP contribution >= 0.6 is 0 Å². The van der Waals surface area contributed by atoms with Crippen LogP contribution in [0.5, 0.6) is 5.75 Å². The molecule has 2 aliphatic heterocycles. The van der Waals surface area contributed by atoms with Crippen LogP contribution in [0.1, 0.15) is 34.7 Å². The molecule has 1 N–H and O–H groups in total. The first-order valence-corrected chi connectivity index (χ1v) is 17.0. The molecule has 8 rings (SSSR count). The zero-order valence-corrected chi connectivity index (χ0v) is 28.4. The van der Waals surface area contributed by atoms with Crippen LogP contribution in [0.25, 0.3) is 33.3 Å². The van der Waals surface area contributed by atoms with Gasteiger partial charge in [-0.1, -0.05) is 29.5 Å². The Bertz CT molecular complexity index is 2280. The van der Waals surface area contributed by atoms with Gasteiger partial charge in [-0.3, -0.25) is 14.3 Å². The average molecular weight is 689 g/mol. The van der Waals surface area contributed by atoms with Crippen molar-refractivity contribution in [3.63, 3.8) is 0 Å². The number of rotatable bonds is 8. The number of carbonyl (C=O) groups is 2. The summed E-state index contributed by atoms with van der Waals surface area (Å²) in [4.78, 5) is 40.6. The molecule has 1 fully saturated rings. The number of pyridine rings is 1. The van der Waals surface area contributed by atoms with E-state index in [2.05, 4.69) is 30.3 Å². The number of hydrogen-bond donors (Lipinski definition) is 1. The van der Waals surface area contributed by atoms with Crippen molar-refractivity contribution in [2.75, 3.05) is 51.3 Å². The first kappa shape index (κ1) is 32.2. The van der Waals surface area contributed by atoms with Gasteiger partial charge in [0.15, 0.2) is 11.5 Å². The number of aromatic amines is 1. The molecule has 51 heavy (non-hydrogen) atoms. The number of halogens is 1. The molecule has 2 aromatic carbocycles. The molecule has 6 aromatic rings. The van der Waals surface area contributed by atoms with E-state index in [9.17, 15) is 9.59 Å². The fourth-order valence-corrected chi connectivity index (χ4v) is 7.09. The highest BCUT2D eigenvalue weighted by Crippen LogP contribution is 2.40. The Kier molecular flexibility index (Phi) is 8.42. The standard InChI is InChI=1S/C37H37FN10O3/c1-24-40-33-20-26(9-14-48(33)42-24)44-16-18-45(19-17-44)37(50)31-22-30-29(27-7-3-4-8-32(27)51-2)21-28(35(38)36(30)41-31)25-6-5-12-46(23-25)34(49)10-13-47-15-11-39-43-47/h3-4,6-9,11,14-15,20-22,41H,5,10,12-13,16-19,23H2,1-2H3. The van der Waals surface area contributed by atoms with E-state index in [1.165, 1.54) is 0 Å². The van der Waals surface area contributed by atoms with Crippen LogP contribution in [0.15, 0.2) is 73.2 Å². The van der Waals surface area contributed by atoms with E-state index < -0.39 is 5.82 Å². The van der Waals surface area contributed by atoms with Gasteiger partial charge in [0.2, 0.25) is 5.91 Å². The number of anilines is 1. The van der Waals surface area contributed by atoms with Crippen molar-refractivity contribution in [3.8, 4) is 16.9 Å². The maximum atomic E-state index is 16.7. The second kappa shape index (κ2) is 13.3. The van der Waals surface area contributed by atoms with E-state index in [1.54, 1.807) is 44.6 Å². The van der Waals surface area contributed by atoms with Crippen molar-refractivity contribution in [3.05, 3.63) is 96.1 Å². The molecule has 0 atom stereocenters. The number of nitrogens with zero attached hydrogens (tertiary/aromatic N) is 9. The normalized spacial score (nSPS) is 15.1. The predicted molar refractivity (Wildman–Crippen MR) is 190 cm³/mol. The number of benzene rings is 2. The smallest absolute Gasteiger partial charge is 0.270 e. The van der Waals surface area contributed by atoms with E-state index in [4.69, 9.17) is 4.74 Å². The number of nitrogens with one attached hydrogen (secondary N) is 1. The molecule has 14 heteroatoms. The van der Waals surface area contributed by atoms with Crippen molar-refractivity contribution >= 4 is 39.6 Å². The summed E-state index contributed by atoms with van der Waals surface area (Å²) < 4.78 is 25.8. The third-order valence-corrected chi connectivity index (χ3v) is 9.72. The van der Waals surface area contributed by atoms with Crippen LogP contribution in [0, 0.1) is 12.7 Å². The highest BCUT2D eigenvalue weighted by atomic mass is 19.1. The van der Waals surface area contributed by atoms with Gasteiger partial charge in [-0.05, 0) is 48.7 Å². The largest absolute Gasteiger partial charge is 0.496 e. The molecule has 2 amide bonds. The van der Waals surface area contributed by atoms with Crippen LogP contribution in [0.2, 0.25) is 0 Å². The number of piperazine rings is 1. The summed E-state index contributed by atoms with van der Waals surface area (Å²) in [6.07, 6.45) is 8.04. The maximum Gasteiger partial charge on any atom is 0.270 e. The van der Waals surface area contributed by atoms with Crippen LogP contribution in [-0.2, 0) is 11.3 Å². The lowest BCUT2D eigenvalue weighted by Gasteiger charge is -2.35. The lowest BCUT2D eigenvalue weighted by molar-refractivity contribution is -0.131. The molecule has 0 spiro atoms. The zero-order chi connectivity index (χ0) is 35.1. The zero-order valence-electron chi connectivity index (χ0n) is 28.4. The number of fused-ring (bicyclic) bond motifs is 2. The summed E-state index contributed by atoms with van der Waals surface area (Å²) in [5.41, 5.74) is 4.95. The molecule has 0 unspecified atom stereocenters. The summed E-state index contributed by atoms with van der Waals surface area (Å²) in [6.45, 7) is 5.39. The quantitative estimate of drug-likeness (QED) is 0.246. The Balaban J connectivity index is 1.08. The fourth-order valence-electron chi connectivity index (χ4n) is 7.09. The SMILES string of the molecule is COc1ccccc1-c1cc(C2=CCCN(C(=O)CCn3ccnn3)C2)c(F)c2[nH]c(C(=O)N3CCN(c4ccn5nc(C)nc5c4)CC3)cc12. The second-order valence-electron chi connectivity index (χ2n) is 12.8. The van der Waals surface area contributed by atoms with Gasteiger partial charge in [0.25, 0.3) is 5.91 Å². The molecule has 4 aromatic heterocycles. The summed E-state index contributed by atoms with van der Waals surface area (Å²) in [7, 11) is 1.60. The highest BCUT2D eigenvalue weighted by Gasteiger charge is 2.28. The molecule has 0 aliphatic carbocycles. The number of hydrogen-bond acceptors (Lipinski definition) is 8. The summed E-state index contributed by atoms with van der Waals surface area (Å²) in [6, 6.07) is 15.2. The van der Waals surface area contributed by atoms with Gasteiger partial charge in [0, 0.05) is 86.3 Å². The Labute approximate surface area is 292 Å². The Morgan fingerprint density at radius 2 is 1.80 bits per heavy atom. The molecule has 6 heterocycles. The molecule has 0 saturated carbocycles. The lowest BCUT2D eigenvalue weighted by atomic mass is 9.93. The Morgan fingerprint density at radius 1 is 0.961 bits per heavy atom. The Hall–Kier alpha value is -6.05. The van der Waals surface area contributed by atoms with Crippen molar-refractivity contribution in [1.82, 2.24) is 44.4 Å². The number of para-hydroxylation sites is 1. The number of aryl methyl sites for hydroxylation is 2. The molecular weight excluding hydrogens is 651 g/mol. The van der Waals surface area contributed by atoms with Gasteiger partial charge < -0.3 is 24.4 Å². The van der Waals surface area contributed by atoms with Gasteiger partial charge in [-0.15, -0.1) is 5.10 Å². The number of amides is 2. The van der Waals surface area contributed by atoms with Crippen molar-refractivity contribution in [2.45, 2.75) is 26.3 Å². The second-order valence-corrected chi connectivity index (χ2v) is 12.8. The van der Waals surface area contributed by atoms with Crippen molar-refractivity contribution in [2.24, 2.45) is 0 Å². The molecular formula is C37H37FN10O3. The monoisotopic (exact) mass is 688 g/mol. The van der Waals surface area contributed by atoms with E-state index in [-0.39, 0.29) is 30.3 Å². The number of ether oxygens (including phenoxy) is 1. The van der Waals surface area contributed by atoms with Crippen molar-refractivity contribution in [1.29, 1.82) is 0 Å². The minimum atomic E-state index is -0.463. The first-order chi connectivity index (χ1) is 24.9. The topological polar surface area (TPSA) is 130 Å². The van der Waals surface area contributed by atoms with Crippen LogP contribution in [-0.4, -0.2) is 103 Å². The molecule has 2 aliphatic rings. The van der Waals surface area contributed by atoms with Crippen LogP contribution < -0.4 is 9.64 Å². The lowest BCUT2D eigenvalue weighted by Crippen LogP contribution is -2.48. The van der Waals surface area contributed by atoms with Gasteiger partial charge in [0.1, 0.15) is 17.3 Å². The van der Waals surface area contributed by atoms with Crippen LogP contribution in [0.4, 0.5) is 10.1 Å². The van der Waals surface area contributed by atoms with Gasteiger partial charge in [-0.25, -0.2) is 13.9 Å². The van der Waals surface area contributed by atoms with E-state index in [0.717, 1.165) is 22.5 Å². The summed E-state index contributed by atoms with van der Waals surface area (Å²) in [5, 5.41) is 12.7. The van der Waals surface area contributed by atoms with Crippen molar-refractivity contribution < 1.29 is 18.7 Å².